The molecule has 1 aromatic heterocycles. The van der Waals surface area contributed by atoms with Gasteiger partial charge in [-0.2, -0.15) is 0 Å². The minimum absolute atomic E-state index is 0.332. The van der Waals surface area contributed by atoms with E-state index in [1.54, 1.807) is 12.1 Å². The lowest BCUT2D eigenvalue weighted by Gasteiger charge is -2.30. The van der Waals surface area contributed by atoms with Crippen LogP contribution < -0.4 is 4.90 Å². The van der Waals surface area contributed by atoms with Crippen molar-refractivity contribution in [2.75, 3.05) is 4.90 Å². The Labute approximate surface area is 112 Å². The second kappa shape index (κ2) is 4.80. The first-order chi connectivity index (χ1) is 8.89. The number of furan rings is 1. The van der Waals surface area contributed by atoms with E-state index in [1.807, 2.05) is 51.1 Å². The number of carboxylic acid groups (broad SMARTS) is 1. The van der Waals surface area contributed by atoms with Crippen LogP contribution in [0.15, 0.2) is 46.9 Å². The number of carbonyl (C=O) groups is 1. The van der Waals surface area contributed by atoms with Crippen LogP contribution in [0.1, 0.15) is 20.8 Å². The molecule has 0 saturated carbocycles. The zero-order chi connectivity index (χ0) is 14.0. The van der Waals surface area contributed by atoms with Gasteiger partial charge in [0, 0.05) is 17.2 Å². The number of benzene rings is 1. The fourth-order valence-electron chi connectivity index (χ4n) is 1.92. The lowest BCUT2D eigenvalue weighted by molar-refractivity contribution is 0.194. The summed E-state index contributed by atoms with van der Waals surface area (Å²) in [5, 5.41) is 9.31. The summed E-state index contributed by atoms with van der Waals surface area (Å²) < 4.78 is 5.66. The molecule has 19 heavy (non-hydrogen) atoms. The Hall–Kier alpha value is -2.23. The van der Waals surface area contributed by atoms with Crippen LogP contribution in [0.3, 0.4) is 0 Å². The Balaban J connectivity index is 2.38. The maximum absolute atomic E-state index is 11.4. The Bertz CT molecular complexity index is 567. The zero-order valence-electron chi connectivity index (χ0n) is 11.3. The predicted molar refractivity (Wildman–Crippen MR) is 74.4 cm³/mol. The molecule has 1 aromatic carbocycles. The number of rotatable bonds is 2. The predicted octanol–water partition coefficient (Wildman–Crippen LogP) is 4.23. The van der Waals surface area contributed by atoms with E-state index in [1.165, 1.54) is 4.90 Å². The number of amides is 1. The van der Waals surface area contributed by atoms with Gasteiger partial charge in [-0.25, -0.2) is 9.69 Å². The van der Waals surface area contributed by atoms with Gasteiger partial charge >= 0.3 is 6.09 Å². The van der Waals surface area contributed by atoms with Crippen LogP contribution in [0.25, 0.3) is 11.3 Å². The van der Waals surface area contributed by atoms with Crippen LogP contribution in [0.5, 0.6) is 0 Å². The number of hydrogen-bond acceptors (Lipinski definition) is 2. The standard InChI is InChI=1S/C15H17NO3/c1-15(2,3)16(14(17)18)13-10-9-12(19-13)11-7-5-4-6-8-11/h4-10H,1-3H3,(H,17,18). The average Bonchev–Trinajstić information content (AvgIpc) is 2.77. The average molecular weight is 259 g/mol. The van der Waals surface area contributed by atoms with Gasteiger partial charge < -0.3 is 9.52 Å². The summed E-state index contributed by atoms with van der Waals surface area (Å²) in [5.74, 6) is 0.991. The highest BCUT2D eigenvalue weighted by Crippen LogP contribution is 2.30. The Morgan fingerprint density at radius 1 is 1.11 bits per heavy atom. The Kier molecular flexibility index (Phi) is 3.34. The van der Waals surface area contributed by atoms with Gasteiger partial charge in [0.2, 0.25) is 5.88 Å². The zero-order valence-corrected chi connectivity index (χ0v) is 11.3. The molecule has 4 nitrogen and oxygen atoms in total. The molecule has 0 radical (unpaired) electrons. The third-order valence-electron chi connectivity index (χ3n) is 2.73. The lowest BCUT2D eigenvalue weighted by Crippen LogP contribution is -2.44. The van der Waals surface area contributed by atoms with Gasteiger partial charge in [-0.05, 0) is 26.8 Å². The first-order valence-electron chi connectivity index (χ1n) is 6.08. The number of anilines is 1. The van der Waals surface area contributed by atoms with E-state index >= 15 is 0 Å². The van der Waals surface area contributed by atoms with Gasteiger partial charge in [-0.3, -0.25) is 0 Å². The molecule has 2 aromatic rings. The number of hydrogen-bond donors (Lipinski definition) is 1. The molecule has 1 heterocycles. The van der Waals surface area contributed by atoms with Crippen LogP contribution in [0, 0.1) is 0 Å². The number of nitrogens with zero attached hydrogens (tertiary/aromatic N) is 1. The molecule has 1 N–H and O–H groups in total. The quantitative estimate of drug-likeness (QED) is 0.878. The van der Waals surface area contributed by atoms with Crippen molar-refractivity contribution in [3.05, 3.63) is 42.5 Å². The highest BCUT2D eigenvalue weighted by Gasteiger charge is 2.30. The van der Waals surface area contributed by atoms with E-state index in [4.69, 9.17) is 4.42 Å². The van der Waals surface area contributed by atoms with E-state index in [2.05, 4.69) is 0 Å². The second-order valence-corrected chi connectivity index (χ2v) is 5.29. The van der Waals surface area contributed by atoms with Crippen LogP contribution in [-0.4, -0.2) is 16.7 Å². The lowest BCUT2D eigenvalue weighted by atomic mass is 10.1. The smallest absolute Gasteiger partial charge is 0.414 e. The van der Waals surface area contributed by atoms with Gasteiger partial charge in [-0.15, -0.1) is 0 Å². The monoisotopic (exact) mass is 259 g/mol. The summed E-state index contributed by atoms with van der Waals surface area (Å²) >= 11 is 0. The van der Waals surface area contributed by atoms with Crippen molar-refractivity contribution in [3.63, 3.8) is 0 Å². The second-order valence-electron chi connectivity index (χ2n) is 5.29. The summed E-state index contributed by atoms with van der Waals surface area (Å²) in [6, 6.07) is 13.1. The van der Waals surface area contributed by atoms with Crippen molar-refractivity contribution < 1.29 is 14.3 Å². The van der Waals surface area contributed by atoms with E-state index in [0.29, 0.717) is 11.6 Å². The maximum Gasteiger partial charge on any atom is 0.414 e. The van der Waals surface area contributed by atoms with Crippen LogP contribution in [0.2, 0.25) is 0 Å². The molecule has 0 unspecified atom stereocenters. The largest absolute Gasteiger partial charge is 0.465 e. The molecule has 0 atom stereocenters. The first-order valence-corrected chi connectivity index (χ1v) is 6.08. The summed E-state index contributed by atoms with van der Waals surface area (Å²) in [7, 11) is 0. The van der Waals surface area contributed by atoms with Crippen LogP contribution in [0.4, 0.5) is 10.7 Å². The minimum atomic E-state index is -1.03. The van der Waals surface area contributed by atoms with Crippen LogP contribution in [-0.2, 0) is 0 Å². The van der Waals surface area contributed by atoms with Crippen molar-refractivity contribution in [1.82, 2.24) is 0 Å². The normalized spacial score (nSPS) is 11.3. The SMILES string of the molecule is CC(C)(C)N(C(=O)O)c1ccc(-c2ccccc2)o1. The van der Waals surface area contributed by atoms with E-state index in [-0.39, 0.29) is 0 Å². The molecule has 0 aliphatic rings. The molecular formula is C15H17NO3. The van der Waals surface area contributed by atoms with Crippen LogP contribution >= 0.6 is 0 Å². The first kappa shape index (κ1) is 13.2. The fourth-order valence-corrected chi connectivity index (χ4v) is 1.92. The van der Waals surface area contributed by atoms with E-state index in [0.717, 1.165) is 5.56 Å². The van der Waals surface area contributed by atoms with Crippen molar-refractivity contribution in [2.45, 2.75) is 26.3 Å². The molecular weight excluding hydrogens is 242 g/mol. The van der Waals surface area contributed by atoms with Gasteiger partial charge in [0.15, 0.2) is 0 Å². The minimum Gasteiger partial charge on any atom is -0.465 e. The molecule has 0 saturated heterocycles. The van der Waals surface area contributed by atoms with Crippen molar-refractivity contribution >= 4 is 12.0 Å². The molecule has 100 valence electrons. The molecule has 0 aliphatic carbocycles. The summed E-state index contributed by atoms with van der Waals surface area (Å²) in [6.45, 7) is 5.48. The molecule has 2 rings (SSSR count). The Morgan fingerprint density at radius 2 is 1.74 bits per heavy atom. The van der Waals surface area contributed by atoms with Gasteiger partial charge in [0.05, 0.1) is 0 Å². The molecule has 0 bridgehead atoms. The van der Waals surface area contributed by atoms with E-state index < -0.39 is 11.6 Å². The molecule has 0 spiro atoms. The third-order valence-corrected chi connectivity index (χ3v) is 2.73. The summed E-state index contributed by atoms with van der Waals surface area (Å²) in [6.07, 6.45) is -1.03. The fraction of sp³-hybridized carbons (Fsp3) is 0.267. The topological polar surface area (TPSA) is 53.7 Å². The molecule has 0 fully saturated rings. The Morgan fingerprint density at radius 3 is 2.26 bits per heavy atom. The van der Waals surface area contributed by atoms with Crippen molar-refractivity contribution in [3.8, 4) is 11.3 Å². The summed E-state index contributed by atoms with van der Waals surface area (Å²) in [4.78, 5) is 12.6. The van der Waals surface area contributed by atoms with E-state index in [9.17, 15) is 9.90 Å². The third kappa shape index (κ3) is 2.78. The molecule has 4 heteroatoms. The van der Waals surface area contributed by atoms with Gasteiger partial charge in [0.25, 0.3) is 0 Å². The van der Waals surface area contributed by atoms with Gasteiger partial charge in [0.1, 0.15) is 5.76 Å². The van der Waals surface area contributed by atoms with Crippen molar-refractivity contribution in [2.24, 2.45) is 0 Å². The maximum atomic E-state index is 11.4. The summed E-state index contributed by atoms with van der Waals surface area (Å²) in [5.41, 5.74) is 0.366. The molecule has 0 aliphatic heterocycles. The highest BCUT2D eigenvalue weighted by atomic mass is 16.4. The van der Waals surface area contributed by atoms with Gasteiger partial charge in [-0.1, -0.05) is 30.3 Å². The van der Waals surface area contributed by atoms with Crippen molar-refractivity contribution in [1.29, 1.82) is 0 Å². The highest BCUT2D eigenvalue weighted by molar-refractivity contribution is 5.86. The molecule has 1 amide bonds.